The molecule has 0 unspecified atom stereocenters. The molecule has 4 aromatic rings. The second kappa shape index (κ2) is 7.08. The van der Waals surface area contributed by atoms with Crippen LogP contribution in [0.3, 0.4) is 0 Å². The summed E-state index contributed by atoms with van der Waals surface area (Å²) in [6, 6.07) is 15.1. The maximum absolute atomic E-state index is 11.6. The molecule has 0 saturated heterocycles. The van der Waals surface area contributed by atoms with Gasteiger partial charge >= 0.3 is 0 Å². The van der Waals surface area contributed by atoms with E-state index >= 15 is 0 Å². The minimum atomic E-state index is -0.639. The second-order valence-corrected chi connectivity index (χ2v) is 6.43. The zero-order valence-corrected chi connectivity index (χ0v) is 15.2. The van der Waals surface area contributed by atoms with Gasteiger partial charge in [-0.2, -0.15) is 5.21 Å². The van der Waals surface area contributed by atoms with Crippen LogP contribution in [0.25, 0.3) is 11.4 Å². The predicted molar refractivity (Wildman–Crippen MR) is 103 cm³/mol. The van der Waals surface area contributed by atoms with Crippen molar-refractivity contribution in [2.45, 2.75) is 6.42 Å². The summed E-state index contributed by atoms with van der Waals surface area (Å²) in [5.41, 5.74) is 2.52. The topological polar surface area (TPSA) is 122 Å². The van der Waals surface area contributed by atoms with E-state index in [9.17, 15) is 14.7 Å². The van der Waals surface area contributed by atoms with Crippen LogP contribution in [0.2, 0.25) is 0 Å². The lowest BCUT2D eigenvalue weighted by Crippen LogP contribution is -2.06. The molecule has 0 aliphatic carbocycles. The minimum Gasteiger partial charge on any atom is -0.493 e. The van der Waals surface area contributed by atoms with Gasteiger partial charge in [0, 0.05) is 0 Å². The number of H-pyrrole nitrogens is 2. The van der Waals surface area contributed by atoms with Crippen LogP contribution >= 0.6 is 12.2 Å². The van der Waals surface area contributed by atoms with E-state index in [1.807, 2.05) is 36.4 Å². The first kappa shape index (κ1) is 17.6. The number of nitrogens with zero attached hydrogens (tertiary/aromatic N) is 4. The van der Waals surface area contributed by atoms with Gasteiger partial charge in [-0.25, -0.2) is 9.36 Å². The fourth-order valence-corrected chi connectivity index (χ4v) is 3.09. The zero-order valence-electron chi connectivity index (χ0n) is 14.4. The molecule has 10 heteroatoms. The molecule has 2 aromatic carbocycles. The highest BCUT2D eigenvalue weighted by Crippen LogP contribution is 2.19. The van der Waals surface area contributed by atoms with Crippen LogP contribution in [0.5, 0.6) is 5.88 Å². The van der Waals surface area contributed by atoms with Gasteiger partial charge in [0.15, 0.2) is 6.29 Å². The van der Waals surface area contributed by atoms with Gasteiger partial charge in [-0.05, 0) is 54.0 Å². The molecule has 2 heterocycles. The average molecular weight is 394 g/mol. The summed E-state index contributed by atoms with van der Waals surface area (Å²) in [7, 11) is 0. The number of benzene rings is 2. The molecule has 2 aromatic heterocycles. The quantitative estimate of drug-likeness (QED) is 0.351. The van der Waals surface area contributed by atoms with Gasteiger partial charge in [-0.3, -0.25) is 14.7 Å². The van der Waals surface area contributed by atoms with E-state index in [1.54, 1.807) is 16.8 Å². The second-order valence-electron chi connectivity index (χ2n) is 6.06. The van der Waals surface area contributed by atoms with E-state index in [1.165, 1.54) is 4.68 Å². The lowest BCUT2D eigenvalue weighted by Gasteiger charge is -2.08. The van der Waals surface area contributed by atoms with Crippen molar-refractivity contribution in [3.8, 4) is 17.3 Å². The number of aromatic hydroxyl groups is 1. The minimum absolute atomic E-state index is 0.298. The zero-order chi connectivity index (χ0) is 19.7. The van der Waals surface area contributed by atoms with Gasteiger partial charge in [-0.1, -0.05) is 34.6 Å². The number of rotatable bonds is 5. The van der Waals surface area contributed by atoms with Gasteiger partial charge < -0.3 is 5.11 Å². The summed E-state index contributed by atoms with van der Waals surface area (Å²) in [4.78, 5) is 22.5. The Hall–Kier alpha value is -3.79. The molecule has 28 heavy (non-hydrogen) atoms. The Balaban J connectivity index is 1.59. The third-order valence-corrected chi connectivity index (χ3v) is 4.54. The molecule has 9 nitrogen and oxygen atoms in total. The molecule has 0 bridgehead atoms. The van der Waals surface area contributed by atoms with Gasteiger partial charge in [0.2, 0.25) is 10.7 Å². The monoisotopic (exact) mass is 394 g/mol. The lowest BCUT2D eigenvalue weighted by molar-refractivity contribution is 0.112. The molecule has 0 aliphatic rings. The van der Waals surface area contributed by atoms with Crippen LogP contribution in [0.1, 0.15) is 21.5 Å². The highest BCUT2D eigenvalue weighted by atomic mass is 32.1. The molecule has 0 amide bonds. The SMILES string of the molecule is O=Cc1c(O)n(-c2ccc(Cc3cccc(-n4[nH]nnc4=S)c3)cc2)[nH]c1=O. The Kier molecular flexibility index (Phi) is 4.45. The molecular formula is C18H14N6O3S. The van der Waals surface area contributed by atoms with Crippen LogP contribution in [-0.4, -0.2) is 41.4 Å². The molecule has 3 N–H and O–H groups in total. The van der Waals surface area contributed by atoms with Crippen LogP contribution in [0, 0.1) is 4.77 Å². The van der Waals surface area contributed by atoms with Crippen molar-refractivity contribution >= 4 is 18.5 Å². The lowest BCUT2D eigenvalue weighted by atomic mass is 10.0. The van der Waals surface area contributed by atoms with Crippen molar-refractivity contribution in [1.29, 1.82) is 0 Å². The highest BCUT2D eigenvalue weighted by molar-refractivity contribution is 7.71. The van der Waals surface area contributed by atoms with Crippen molar-refractivity contribution in [1.82, 2.24) is 30.0 Å². The van der Waals surface area contributed by atoms with E-state index in [2.05, 4.69) is 20.6 Å². The third kappa shape index (κ3) is 3.16. The fraction of sp³-hybridized carbons (Fsp3) is 0.0556. The molecule has 0 saturated carbocycles. The standard InChI is InChI=1S/C18H14N6O3S/c25-10-15-16(26)20-23(17(15)27)13-6-4-11(5-7-13)8-12-2-1-3-14(9-12)24-18(28)19-21-22-24/h1-7,9-10,27H,8H2,(H,20,26)(H,19,22,28). The summed E-state index contributed by atoms with van der Waals surface area (Å²) < 4.78 is 3.12. The van der Waals surface area contributed by atoms with E-state index in [0.29, 0.717) is 23.2 Å². The summed E-state index contributed by atoms with van der Waals surface area (Å²) in [6.45, 7) is 0. The Morgan fingerprint density at radius 1 is 1.07 bits per heavy atom. The molecule has 0 atom stereocenters. The third-order valence-electron chi connectivity index (χ3n) is 4.27. The highest BCUT2D eigenvalue weighted by Gasteiger charge is 2.14. The first-order valence-electron chi connectivity index (χ1n) is 8.24. The van der Waals surface area contributed by atoms with Crippen molar-refractivity contribution in [3.05, 3.63) is 80.3 Å². The fourth-order valence-electron chi connectivity index (χ4n) is 2.90. The first-order chi connectivity index (χ1) is 13.6. The normalized spacial score (nSPS) is 10.9. The summed E-state index contributed by atoms with van der Waals surface area (Å²) >= 11 is 5.12. The maximum atomic E-state index is 11.6. The van der Waals surface area contributed by atoms with Gasteiger partial charge in [-0.15, -0.1) is 0 Å². The Bertz CT molecular complexity index is 1270. The predicted octanol–water partition coefficient (Wildman–Crippen LogP) is 1.91. The van der Waals surface area contributed by atoms with Crippen molar-refractivity contribution in [2.75, 3.05) is 0 Å². The number of aldehydes is 1. The Morgan fingerprint density at radius 2 is 1.86 bits per heavy atom. The smallest absolute Gasteiger partial charge is 0.279 e. The molecule has 0 spiro atoms. The van der Waals surface area contributed by atoms with E-state index in [0.717, 1.165) is 16.8 Å². The number of hydrogen-bond acceptors (Lipinski definition) is 6. The van der Waals surface area contributed by atoms with Crippen LogP contribution in [0.4, 0.5) is 0 Å². The number of aromatic amines is 2. The molecule has 4 rings (SSSR count). The number of nitrogens with one attached hydrogen (secondary N) is 2. The molecular weight excluding hydrogens is 380 g/mol. The van der Waals surface area contributed by atoms with E-state index < -0.39 is 11.4 Å². The van der Waals surface area contributed by atoms with E-state index in [4.69, 9.17) is 12.2 Å². The van der Waals surface area contributed by atoms with E-state index in [-0.39, 0.29) is 5.56 Å². The Morgan fingerprint density at radius 3 is 2.50 bits per heavy atom. The van der Waals surface area contributed by atoms with Crippen molar-refractivity contribution < 1.29 is 9.90 Å². The van der Waals surface area contributed by atoms with Crippen LogP contribution in [0.15, 0.2) is 53.3 Å². The summed E-state index contributed by atoms with van der Waals surface area (Å²) in [5, 5.41) is 22.6. The first-order valence-corrected chi connectivity index (χ1v) is 8.65. The van der Waals surface area contributed by atoms with Crippen molar-refractivity contribution in [2.24, 2.45) is 0 Å². The molecule has 140 valence electrons. The Labute approximate surface area is 162 Å². The number of carbonyl (C=O) groups is 1. The largest absolute Gasteiger partial charge is 0.493 e. The van der Waals surface area contributed by atoms with Crippen LogP contribution < -0.4 is 5.56 Å². The number of carbonyl (C=O) groups excluding carboxylic acids is 1. The summed E-state index contributed by atoms with van der Waals surface area (Å²) in [6.07, 6.45) is 0.990. The van der Waals surface area contributed by atoms with Crippen LogP contribution in [-0.2, 0) is 6.42 Å². The maximum Gasteiger partial charge on any atom is 0.279 e. The number of aromatic nitrogens is 6. The molecule has 0 fully saturated rings. The summed E-state index contributed by atoms with van der Waals surface area (Å²) in [5.74, 6) is -0.412. The molecule has 0 aliphatic heterocycles. The van der Waals surface area contributed by atoms with Crippen molar-refractivity contribution in [3.63, 3.8) is 0 Å². The van der Waals surface area contributed by atoms with Gasteiger partial charge in [0.05, 0.1) is 11.4 Å². The number of hydrogen-bond donors (Lipinski definition) is 3. The number of tetrazole rings is 1. The average Bonchev–Trinajstić information content (AvgIpc) is 3.25. The van der Waals surface area contributed by atoms with Gasteiger partial charge in [0.25, 0.3) is 5.56 Å². The van der Waals surface area contributed by atoms with Gasteiger partial charge in [0.1, 0.15) is 5.56 Å². The molecule has 0 radical (unpaired) electrons.